The van der Waals surface area contributed by atoms with Gasteiger partial charge in [0.15, 0.2) is 5.13 Å². The van der Waals surface area contributed by atoms with Crippen molar-refractivity contribution in [3.05, 3.63) is 83.5 Å². The minimum atomic E-state index is 0.0241. The maximum Gasteiger partial charge on any atom is 0.257 e. The first kappa shape index (κ1) is 19.5. The molecule has 1 aliphatic heterocycles. The number of hydrogen-bond acceptors (Lipinski definition) is 5. The Morgan fingerprint density at radius 2 is 1.71 bits per heavy atom. The van der Waals surface area contributed by atoms with E-state index >= 15 is 0 Å². The summed E-state index contributed by atoms with van der Waals surface area (Å²) in [6.07, 6.45) is 3.69. The molecule has 0 spiro atoms. The van der Waals surface area contributed by atoms with Gasteiger partial charge in [0.2, 0.25) is 0 Å². The van der Waals surface area contributed by atoms with Crippen molar-refractivity contribution in [1.82, 2.24) is 19.7 Å². The van der Waals surface area contributed by atoms with Gasteiger partial charge in [-0.15, -0.1) is 11.3 Å². The summed E-state index contributed by atoms with van der Waals surface area (Å²) in [4.78, 5) is 22.1. The van der Waals surface area contributed by atoms with E-state index in [1.54, 1.807) is 16.0 Å². The molecule has 5 rings (SSSR count). The van der Waals surface area contributed by atoms with E-state index in [0.29, 0.717) is 24.3 Å². The van der Waals surface area contributed by atoms with Crippen LogP contribution in [0.1, 0.15) is 15.9 Å². The van der Waals surface area contributed by atoms with E-state index < -0.39 is 0 Å². The fraction of sp³-hybridized carbons (Fsp3) is 0.208. The summed E-state index contributed by atoms with van der Waals surface area (Å²) >= 11 is 1.64. The summed E-state index contributed by atoms with van der Waals surface area (Å²) in [5.41, 5.74) is 4.42. The largest absolute Gasteiger partial charge is 0.345 e. The Bertz CT molecular complexity index is 1160. The Balaban J connectivity index is 1.44. The van der Waals surface area contributed by atoms with Crippen molar-refractivity contribution in [2.45, 2.75) is 6.92 Å². The molecule has 3 heterocycles. The Kier molecular flexibility index (Phi) is 5.26. The van der Waals surface area contributed by atoms with Crippen LogP contribution in [0, 0.1) is 6.92 Å². The molecule has 1 amide bonds. The lowest BCUT2D eigenvalue weighted by molar-refractivity contribution is 0.0747. The summed E-state index contributed by atoms with van der Waals surface area (Å²) in [5.74, 6) is 0.0241. The first-order chi connectivity index (χ1) is 15.2. The molecule has 1 aliphatic rings. The van der Waals surface area contributed by atoms with Crippen LogP contribution in [0.15, 0.2) is 72.4 Å². The number of piperazine rings is 1. The molecule has 0 N–H and O–H groups in total. The Hall–Kier alpha value is -3.45. The van der Waals surface area contributed by atoms with Gasteiger partial charge in [-0.05, 0) is 19.1 Å². The fourth-order valence-electron chi connectivity index (χ4n) is 3.81. The van der Waals surface area contributed by atoms with Crippen molar-refractivity contribution >= 4 is 22.4 Å². The summed E-state index contributed by atoms with van der Waals surface area (Å²) in [6, 6.07) is 18.1. The number of hydrogen-bond donors (Lipinski definition) is 0. The predicted octanol–water partition coefficient (Wildman–Crippen LogP) is 4.27. The molecule has 156 valence electrons. The van der Waals surface area contributed by atoms with Crippen LogP contribution in [0.5, 0.6) is 0 Å². The van der Waals surface area contributed by atoms with Crippen LogP contribution in [0.25, 0.3) is 16.9 Å². The lowest BCUT2D eigenvalue weighted by atomic mass is 10.1. The van der Waals surface area contributed by atoms with Crippen molar-refractivity contribution in [2.24, 2.45) is 0 Å². The molecule has 0 radical (unpaired) electrons. The average Bonchev–Trinajstić information content (AvgIpc) is 3.51. The number of carbonyl (C=O) groups excluding carboxylic acids is 1. The van der Waals surface area contributed by atoms with Gasteiger partial charge in [-0.25, -0.2) is 9.67 Å². The lowest BCUT2D eigenvalue weighted by Crippen LogP contribution is -2.48. The zero-order valence-corrected chi connectivity index (χ0v) is 18.1. The lowest BCUT2D eigenvalue weighted by Gasteiger charge is -2.34. The second-order valence-corrected chi connectivity index (χ2v) is 8.50. The van der Waals surface area contributed by atoms with Gasteiger partial charge in [-0.2, -0.15) is 5.10 Å². The number of thiazole rings is 1. The molecule has 1 fully saturated rings. The predicted molar refractivity (Wildman–Crippen MR) is 124 cm³/mol. The Morgan fingerprint density at radius 1 is 0.968 bits per heavy atom. The molecular weight excluding hydrogens is 406 g/mol. The highest BCUT2D eigenvalue weighted by molar-refractivity contribution is 7.13. The third-order valence-electron chi connectivity index (χ3n) is 5.55. The molecule has 0 saturated carbocycles. The van der Waals surface area contributed by atoms with Crippen LogP contribution in [0.3, 0.4) is 0 Å². The molecule has 2 aromatic heterocycles. The van der Waals surface area contributed by atoms with Gasteiger partial charge in [-0.3, -0.25) is 4.79 Å². The van der Waals surface area contributed by atoms with Crippen molar-refractivity contribution < 1.29 is 4.79 Å². The monoisotopic (exact) mass is 429 g/mol. The zero-order chi connectivity index (χ0) is 21.2. The molecular formula is C24H23N5OS. The number of benzene rings is 2. The van der Waals surface area contributed by atoms with Crippen LogP contribution in [-0.2, 0) is 0 Å². The number of aromatic nitrogens is 3. The van der Waals surface area contributed by atoms with E-state index in [2.05, 4.69) is 28.9 Å². The highest BCUT2D eigenvalue weighted by Crippen LogP contribution is 2.26. The van der Waals surface area contributed by atoms with Crippen molar-refractivity contribution in [2.75, 3.05) is 31.1 Å². The smallest absolute Gasteiger partial charge is 0.257 e. The molecule has 0 aliphatic carbocycles. The van der Waals surface area contributed by atoms with E-state index in [9.17, 15) is 4.79 Å². The summed E-state index contributed by atoms with van der Waals surface area (Å²) in [5, 5.41) is 7.80. The first-order valence-corrected chi connectivity index (χ1v) is 11.2. The molecule has 1 saturated heterocycles. The first-order valence-electron chi connectivity index (χ1n) is 10.3. The molecule has 0 bridgehead atoms. The standard InChI is InChI=1S/C24H23N5OS/c1-18-7-9-20(10-8-18)29-17-21(22(26-29)19-5-3-2-4-6-19)23(30)27-12-14-28(15-13-27)24-25-11-16-31-24/h2-11,16-17H,12-15H2,1H3. The minimum absolute atomic E-state index is 0.0241. The quantitative estimate of drug-likeness (QED) is 0.486. The molecule has 7 heteroatoms. The van der Waals surface area contributed by atoms with Crippen LogP contribution in [-0.4, -0.2) is 51.8 Å². The third kappa shape index (κ3) is 3.96. The van der Waals surface area contributed by atoms with E-state index in [4.69, 9.17) is 5.10 Å². The van der Waals surface area contributed by atoms with E-state index in [-0.39, 0.29) is 5.91 Å². The molecule has 6 nitrogen and oxygen atoms in total. The topological polar surface area (TPSA) is 54.3 Å². The number of carbonyl (C=O) groups is 1. The van der Waals surface area contributed by atoms with E-state index in [1.165, 1.54) is 5.56 Å². The summed E-state index contributed by atoms with van der Waals surface area (Å²) in [6.45, 7) is 4.96. The highest BCUT2D eigenvalue weighted by atomic mass is 32.1. The Morgan fingerprint density at radius 3 is 2.39 bits per heavy atom. The summed E-state index contributed by atoms with van der Waals surface area (Å²) in [7, 11) is 0. The van der Waals surface area contributed by atoms with Crippen LogP contribution >= 0.6 is 11.3 Å². The molecule has 2 aromatic carbocycles. The average molecular weight is 430 g/mol. The third-order valence-corrected chi connectivity index (χ3v) is 6.38. The molecule has 0 atom stereocenters. The van der Waals surface area contributed by atoms with Gasteiger partial charge in [0.25, 0.3) is 5.91 Å². The van der Waals surface area contributed by atoms with Gasteiger partial charge in [0.05, 0.1) is 11.3 Å². The highest BCUT2D eigenvalue weighted by Gasteiger charge is 2.27. The van der Waals surface area contributed by atoms with Crippen molar-refractivity contribution in [3.63, 3.8) is 0 Å². The second-order valence-electron chi connectivity index (χ2n) is 7.63. The van der Waals surface area contributed by atoms with Gasteiger partial charge in [0.1, 0.15) is 5.69 Å². The summed E-state index contributed by atoms with van der Waals surface area (Å²) < 4.78 is 1.81. The Labute approximate surface area is 185 Å². The van der Waals surface area contributed by atoms with Crippen LogP contribution < -0.4 is 4.90 Å². The number of anilines is 1. The van der Waals surface area contributed by atoms with Crippen LogP contribution in [0.2, 0.25) is 0 Å². The number of rotatable bonds is 4. The van der Waals surface area contributed by atoms with Gasteiger partial charge in [0, 0.05) is 49.5 Å². The molecule has 4 aromatic rings. The van der Waals surface area contributed by atoms with E-state index in [1.807, 2.05) is 65.1 Å². The van der Waals surface area contributed by atoms with Crippen molar-refractivity contribution in [1.29, 1.82) is 0 Å². The van der Waals surface area contributed by atoms with Crippen LogP contribution in [0.4, 0.5) is 5.13 Å². The molecule has 31 heavy (non-hydrogen) atoms. The van der Waals surface area contributed by atoms with Gasteiger partial charge >= 0.3 is 0 Å². The second kappa shape index (κ2) is 8.35. The minimum Gasteiger partial charge on any atom is -0.345 e. The van der Waals surface area contributed by atoms with Crippen molar-refractivity contribution in [3.8, 4) is 16.9 Å². The van der Waals surface area contributed by atoms with Gasteiger partial charge < -0.3 is 9.80 Å². The maximum atomic E-state index is 13.5. The maximum absolute atomic E-state index is 13.5. The van der Waals surface area contributed by atoms with Gasteiger partial charge in [-0.1, -0.05) is 48.0 Å². The zero-order valence-electron chi connectivity index (χ0n) is 17.3. The van der Waals surface area contributed by atoms with E-state index in [0.717, 1.165) is 29.5 Å². The number of aryl methyl sites for hydroxylation is 1. The normalized spacial score (nSPS) is 14.1. The SMILES string of the molecule is Cc1ccc(-n2cc(C(=O)N3CCN(c4nccs4)CC3)c(-c3ccccc3)n2)cc1. The fourth-order valence-corrected chi connectivity index (χ4v) is 4.51. The number of nitrogens with zero attached hydrogens (tertiary/aromatic N) is 5. The number of amides is 1. The molecule has 0 unspecified atom stereocenters.